The zero-order chi connectivity index (χ0) is 19.3. The van der Waals surface area contributed by atoms with E-state index in [1.165, 1.54) is 24.1 Å². The van der Waals surface area contributed by atoms with E-state index >= 15 is 0 Å². The molecule has 0 atom stereocenters. The maximum absolute atomic E-state index is 13.3. The Morgan fingerprint density at radius 1 is 1.19 bits per heavy atom. The molecule has 0 fully saturated rings. The van der Waals surface area contributed by atoms with Crippen LogP contribution in [-0.4, -0.2) is 34.6 Å². The van der Waals surface area contributed by atoms with Gasteiger partial charge in [0.2, 0.25) is 0 Å². The Morgan fingerprint density at radius 3 is 2.42 bits per heavy atom. The molecule has 3 rings (SSSR count). The first kappa shape index (κ1) is 18.1. The fourth-order valence-electron chi connectivity index (χ4n) is 2.77. The van der Waals surface area contributed by atoms with Crippen LogP contribution in [0.25, 0.3) is 22.7 Å². The Kier molecular flexibility index (Phi) is 4.14. The van der Waals surface area contributed by atoms with Crippen LogP contribution in [0.4, 0.5) is 13.2 Å². The van der Waals surface area contributed by atoms with Crippen molar-refractivity contribution in [3.8, 4) is 22.7 Å². The van der Waals surface area contributed by atoms with Crippen LogP contribution in [0, 0.1) is 6.92 Å². The predicted octanol–water partition coefficient (Wildman–Crippen LogP) is 2.87. The number of hydrogen-bond donors (Lipinski definition) is 0. The van der Waals surface area contributed by atoms with Crippen molar-refractivity contribution in [1.29, 1.82) is 0 Å². The molecule has 0 bridgehead atoms. The van der Waals surface area contributed by atoms with Crippen molar-refractivity contribution >= 4 is 9.84 Å². The van der Waals surface area contributed by atoms with Gasteiger partial charge in [-0.2, -0.15) is 18.3 Å². The molecule has 0 aliphatic heterocycles. The summed E-state index contributed by atoms with van der Waals surface area (Å²) in [5.41, 5.74) is -0.746. The molecular weight excluding hydrogens is 373 g/mol. The summed E-state index contributed by atoms with van der Waals surface area (Å²) < 4.78 is 70.5. The number of aromatic nitrogens is 4. The van der Waals surface area contributed by atoms with Crippen molar-refractivity contribution in [1.82, 2.24) is 19.9 Å². The van der Waals surface area contributed by atoms with Gasteiger partial charge in [-0.25, -0.2) is 18.1 Å². The molecule has 0 unspecified atom stereocenters. The van der Waals surface area contributed by atoms with Crippen molar-refractivity contribution in [2.45, 2.75) is 18.0 Å². The summed E-state index contributed by atoms with van der Waals surface area (Å²) in [7, 11) is -2.53. The van der Waals surface area contributed by atoms with Crippen LogP contribution < -0.4 is 0 Å². The van der Waals surface area contributed by atoms with Crippen molar-refractivity contribution < 1.29 is 26.1 Å². The highest BCUT2D eigenvalue weighted by atomic mass is 32.2. The molecule has 7 nitrogen and oxygen atoms in total. The van der Waals surface area contributed by atoms with Crippen LogP contribution in [0.2, 0.25) is 0 Å². The normalized spacial score (nSPS) is 12.5. The van der Waals surface area contributed by atoms with E-state index in [-0.39, 0.29) is 16.9 Å². The van der Waals surface area contributed by atoms with Gasteiger partial charge in [-0.15, -0.1) is 0 Å². The first-order chi connectivity index (χ1) is 12.0. The molecule has 0 saturated heterocycles. The molecule has 0 spiro atoms. The zero-order valence-corrected chi connectivity index (χ0v) is 14.7. The molecule has 1 aromatic carbocycles. The van der Waals surface area contributed by atoms with Crippen molar-refractivity contribution in [2.75, 3.05) is 6.26 Å². The SMILES string of the molecule is Cc1c(-c2oncc2-c2ncnn2C)ccc(C(F)(F)F)c1S(C)(=O)=O. The number of rotatable bonds is 3. The van der Waals surface area contributed by atoms with Crippen molar-refractivity contribution in [3.63, 3.8) is 0 Å². The summed E-state index contributed by atoms with van der Waals surface area (Å²) in [4.78, 5) is 3.27. The van der Waals surface area contributed by atoms with E-state index in [0.717, 1.165) is 18.4 Å². The van der Waals surface area contributed by atoms with Crippen LogP contribution in [0.5, 0.6) is 0 Å². The van der Waals surface area contributed by atoms with E-state index in [4.69, 9.17) is 4.52 Å². The van der Waals surface area contributed by atoms with E-state index in [0.29, 0.717) is 11.4 Å². The smallest absolute Gasteiger partial charge is 0.355 e. The molecule has 26 heavy (non-hydrogen) atoms. The molecule has 0 N–H and O–H groups in total. The molecular formula is C15H13F3N4O3S. The standard InChI is InChI=1S/C15H13F3N4O3S/c1-8-9(4-5-11(15(16,17)18)13(8)26(3,23)24)12-10(6-21-25-12)14-19-7-20-22(14)2/h4-7H,1-3H3. The van der Waals surface area contributed by atoms with E-state index < -0.39 is 26.5 Å². The number of alkyl halides is 3. The molecule has 0 amide bonds. The maximum atomic E-state index is 13.3. The van der Waals surface area contributed by atoms with Gasteiger partial charge >= 0.3 is 6.18 Å². The molecule has 11 heteroatoms. The highest BCUT2D eigenvalue weighted by Gasteiger charge is 2.38. The summed E-state index contributed by atoms with van der Waals surface area (Å²) >= 11 is 0. The average Bonchev–Trinajstić information content (AvgIpc) is 3.12. The van der Waals surface area contributed by atoms with Gasteiger partial charge in [0.25, 0.3) is 0 Å². The summed E-state index contributed by atoms with van der Waals surface area (Å²) in [6.45, 7) is 1.30. The maximum Gasteiger partial charge on any atom is 0.417 e. The van der Waals surface area contributed by atoms with Gasteiger partial charge < -0.3 is 4.52 Å². The van der Waals surface area contributed by atoms with Gasteiger partial charge in [-0.1, -0.05) is 11.2 Å². The van der Waals surface area contributed by atoms with Gasteiger partial charge in [0.05, 0.1) is 22.2 Å². The number of halogens is 3. The lowest BCUT2D eigenvalue weighted by Crippen LogP contribution is -2.14. The summed E-state index contributed by atoms with van der Waals surface area (Å²) in [5.74, 6) is 0.485. The lowest BCUT2D eigenvalue weighted by molar-refractivity contribution is -0.139. The third-order valence-electron chi connectivity index (χ3n) is 3.85. The van der Waals surface area contributed by atoms with Crippen molar-refractivity contribution in [3.05, 3.63) is 35.8 Å². The van der Waals surface area contributed by atoms with Gasteiger partial charge in [0, 0.05) is 18.9 Å². The summed E-state index contributed by atoms with van der Waals surface area (Å²) in [6, 6.07) is 1.88. The van der Waals surface area contributed by atoms with E-state index in [2.05, 4.69) is 15.2 Å². The highest BCUT2D eigenvalue weighted by Crippen LogP contribution is 2.41. The number of benzene rings is 1. The van der Waals surface area contributed by atoms with Crippen LogP contribution in [0.1, 0.15) is 11.1 Å². The Balaban J connectivity index is 2.30. The monoisotopic (exact) mass is 386 g/mol. The Labute approximate surface area is 146 Å². The molecule has 138 valence electrons. The van der Waals surface area contributed by atoms with Gasteiger partial charge in [-0.3, -0.25) is 0 Å². The average molecular weight is 386 g/mol. The second kappa shape index (κ2) is 5.94. The number of sulfone groups is 1. The number of aryl methyl sites for hydroxylation is 1. The highest BCUT2D eigenvalue weighted by molar-refractivity contribution is 7.90. The van der Waals surface area contributed by atoms with Crippen LogP contribution in [0.3, 0.4) is 0 Å². The van der Waals surface area contributed by atoms with Gasteiger partial charge in [0.15, 0.2) is 21.4 Å². The lowest BCUT2D eigenvalue weighted by Gasteiger charge is -2.16. The summed E-state index contributed by atoms with van der Waals surface area (Å²) in [6.07, 6.45) is -1.43. The van der Waals surface area contributed by atoms with E-state index in [1.807, 2.05) is 0 Å². The summed E-state index contributed by atoms with van der Waals surface area (Å²) in [5, 5.41) is 7.60. The predicted molar refractivity (Wildman–Crippen MR) is 84.8 cm³/mol. The van der Waals surface area contributed by atoms with Crippen molar-refractivity contribution in [2.24, 2.45) is 7.05 Å². The zero-order valence-electron chi connectivity index (χ0n) is 13.9. The molecule has 2 heterocycles. The largest absolute Gasteiger partial charge is 0.417 e. The Hall–Kier alpha value is -2.69. The molecule has 0 radical (unpaired) electrons. The first-order valence-electron chi connectivity index (χ1n) is 7.22. The minimum absolute atomic E-state index is 0.0810. The number of hydrogen-bond acceptors (Lipinski definition) is 6. The van der Waals surface area contributed by atoms with E-state index in [9.17, 15) is 21.6 Å². The second-order valence-electron chi connectivity index (χ2n) is 5.66. The Bertz CT molecular complexity index is 1080. The van der Waals surface area contributed by atoms with Gasteiger partial charge in [-0.05, 0) is 18.6 Å². The lowest BCUT2D eigenvalue weighted by atomic mass is 10.00. The minimum atomic E-state index is -4.81. The Morgan fingerprint density at radius 2 is 1.88 bits per heavy atom. The molecule has 0 aliphatic carbocycles. The van der Waals surface area contributed by atoms with E-state index in [1.54, 1.807) is 7.05 Å². The third kappa shape index (κ3) is 2.98. The van der Waals surface area contributed by atoms with Crippen LogP contribution >= 0.6 is 0 Å². The fraction of sp³-hybridized carbons (Fsp3) is 0.267. The molecule has 2 aromatic heterocycles. The quantitative estimate of drug-likeness (QED) is 0.687. The fourth-order valence-corrected chi connectivity index (χ4v) is 4.02. The first-order valence-corrected chi connectivity index (χ1v) is 9.11. The minimum Gasteiger partial charge on any atom is -0.355 e. The second-order valence-corrected chi connectivity index (χ2v) is 7.61. The molecule has 0 saturated carbocycles. The molecule has 3 aromatic rings. The number of nitrogens with zero attached hydrogens (tertiary/aromatic N) is 4. The van der Waals surface area contributed by atoms with Gasteiger partial charge in [0.1, 0.15) is 6.33 Å². The van der Waals surface area contributed by atoms with Crippen LogP contribution in [0.15, 0.2) is 34.1 Å². The topological polar surface area (TPSA) is 90.9 Å². The third-order valence-corrected chi connectivity index (χ3v) is 5.12. The molecule has 0 aliphatic rings. The van der Waals surface area contributed by atoms with Crippen LogP contribution in [-0.2, 0) is 23.1 Å².